The van der Waals surface area contributed by atoms with Gasteiger partial charge in [0.25, 0.3) is 0 Å². The van der Waals surface area contributed by atoms with Crippen LogP contribution in [-0.2, 0) is 13.2 Å². The van der Waals surface area contributed by atoms with Gasteiger partial charge in [-0.25, -0.2) is 4.79 Å². The molecule has 1 aliphatic carbocycles. The van der Waals surface area contributed by atoms with Gasteiger partial charge in [0.1, 0.15) is 18.1 Å². The zero-order valence-electron chi connectivity index (χ0n) is 17.6. The highest BCUT2D eigenvalue weighted by molar-refractivity contribution is 5.70. The standard InChI is InChI=1S/C26H28N2O3/c29-26(28-18-23-15-14-22(17-27-23)21-10-5-2-6-11-21)31-25-13-7-12-24(16-25)30-19-20-8-3-1-4-9-20/h1,3-4,7-9,12-17,21H,2,5-6,10-11,18-19H2,(H,28,29). The van der Waals surface area contributed by atoms with Gasteiger partial charge in [0.2, 0.25) is 0 Å². The van der Waals surface area contributed by atoms with E-state index in [-0.39, 0.29) is 0 Å². The molecule has 1 amide bonds. The highest BCUT2D eigenvalue weighted by atomic mass is 16.6. The number of pyridine rings is 1. The van der Waals surface area contributed by atoms with Crippen molar-refractivity contribution in [1.82, 2.24) is 10.3 Å². The molecule has 1 saturated carbocycles. The summed E-state index contributed by atoms with van der Waals surface area (Å²) in [6.07, 6.45) is 7.89. The molecule has 31 heavy (non-hydrogen) atoms. The van der Waals surface area contributed by atoms with Gasteiger partial charge in [-0.15, -0.1) is 0 Å². The molecule has 0 atom stereocenters. The van der Waals surface area contributed by atoms with Crippen molar-refractivity contribution in [1.29, 1.82) is 0 Å². The first kappa shape index (κ1) is 20.9. The first-order valence-electron chi connectivity index (χ1n) is 10.9. The van der Waals surface area contributed by atoms with Gasteiger partial charge in [-0.2, -0.15) is 0 Å². The third kappa shape index (κ3) is 6.32. The van der Waals surface area contributed by atoms with Crippen molar-refractivity contribution < 1.29 is 14.3 Å². The van der Waals surface area contributed by atoms with E-state index >= 15 is 0 Å². The van der Waals surface area contributed by atoms with E-state index in [2.05, 4.69) is 16.4 Å². The van der Waals surface area contributed by atoms with Gasteiger partial charge in [-0.1, -0.05) is 61.7 Å². The van der Waals surface area contributed by atoms with Crippen LogP contribution in [0, 0.1) is 0 Å². The normalized spacial score (nSPS) is 14.1. The van der Waals surface area contributed by atoms with E-state index in [9.17, 15) is 4.79 Å². The Morgan fingerprint density at radius 2 is 1.74 bits per heavy atom. The number of amides is 1. The second kappa shape index (κ2) is 10.6. The summed E-state index contributed by atoms with van der Waals surface area (Å²) < 4.78 is 11.2. The highest BCUT2D eigenvalue weighted by Crippen LogP contribution is 2.32. The lowest BCUT2D eigenvalue weighted by atomic mass is 9.85. The lowest BCUT2D eigenvalue weighted by molar-refractivity contribution is 0.199. The zero-order chi connectivity index (χ0) is 21.3. The minimum atomic E-state index is -0.515. The van der Waals surface area contributed by atoms with Crippen LogP contribution in [0.15, 0.2) is 72.9 Å². The van der Waals surface area contributed by atoms with Crippen LogP contribution >= 0.6 is 0 Å². The Morgan fingerprint density at radius 1 is 0.935 bits per heavy atom. The molecule has 0 aliphatic heterocycles. The molecule has 0 unspecified atom stereocenters. The summed E-state index contributed by atoms with van der Waals surface area (Å²) in [4.78, 5) is 16.7. The molecule has 0 radical (unpaired) electrons. The summed E-state index contributed by atoms with van der Waals surface area (Å²) in [5.41, 5.74) is 3.20. The summed E-state index contributed by atoms with van der Waals surface area (Å²) in [7, 11) is 0. The van der Waals surface area contributed by atoms with Crippen LogP contribution < -0.4 is 14.8 Å². The predicted octanol–water partition coefficient (Wildman–Crippen LogP) is 6.00. The molecule has 4 rings (SSSR count). The summed E-state index contributed by atoms with van der Waals surface area (Å²) in [6, 6.07) is 21.1. The van der Waals surface area contributed by atoms with Crippen LogP contribution in [0.3, 0.4) is 0 Å². The maximum absolute atomic E-state index is 12.2. The zero-order valence-corrected chi connectivity index (χ0v) is 17.6. The van der Waals surface area contributed by atoms with Crippen molar-refractivity contribution in [3.63, 3.8) is 0 Å². The van der Waals surface area contributed by atoms with Gasteiger partial charge in [0, 0.05) is 12.3 Å². The van der Waals surface area contributed by atoms with Crippen molar-refractivity contribution in [2.24, 2.45) is 0 Å². The number of aromatic nitrogens is 1. The van der Waals surface area contributed by atoms with Crippen molar-refractivity contribution in [3.05, 3.63) is 89.7 Å². The maximum Gasteiger partial charge on any atom is 0.412 e. The first-order chi connectivity index (χ1) is 15.3. The Labute approximate surface area is 183 Å². The average molecular weight is 417 g/mol. The largest absolute Gasteiger partial charge is 0.489 e. The second-order valence-corrected chi connectivity index (χ2v) is 7.91. The lowest BCUT2D eigenvalue weighted by Crippen LogP contribution is -2.26. The lowest BCUT2D eigenvalue weighted by Gasteiger charge is -2.21. The van der Waals surface area contributed by atoms with Crippen molar-refractivity contribution >= 4 is 6.09 Å². The summed E-state index contributed by atoms with van der Waals surface area (Å²) in [5.74, 6) is 1.71. The summed E-state index contributed by atoms with van der Waals surface area (Å²) in [6.45, 7) is 0.785. The molecule has 1 aromatic heterocycles. The van der Waals surface area contributed by atoms with E-state index in [0.717, 1.165) is 11.3 Å². The number of rotatable bonds is 7. The van der Waals surface area contributed by atoms with Crippen LogP contribution in [0.5, 0.6) is 11.5 Å². The van der Waals surface area contributed by atoms with Crippen molar-refractivity contribution in [3.8, 4) is 11.5 Å². The fourth-order valence-electron chi connectivity index (χ4n) is 3.89. The molecular formula is C26H28N2O3. The van der Waals surface area contributed by atoms with E-state index in [0.29, 0.717) is 30.6 Å². The monoisotopic (exact) mass is 416 g/mol. The number of nitrogens with zero attached hydrogens (tertiary/aromatic N) is 1. The Morgan fingerprint density at radius 3 is 2.52 bits per heavy atom. The molecule has 1 heterocycles. The number of carbonyl (C=O) groups is 1. The fourth-order valence-corrected chi connectivity index (χ4v) is 3.89. The molecular weight excluding hydrogens is 388 g/mol. The quantitative estimate of drug-likeness (QED) is 0.513. The molecule has 1 N–H and O–H groups in total. The van der Waals surface area contributed by atoms with E-state index in [1.165, 1.54) is 37.7 Å². The smallest absolute Gasteiger partial charge is 0.412 e. The van der Waals surface area contributed by atoms with Crippen LogP contribution in [-0.4, -0.2) is 11.1 Å². The van der Waals surface area contributed by atoms with E-state index < -0.39 is 6.09 Å². The molecule has 5 nitrogen and oxygen atoms in total. The molecule has 160 valence electrons. The Balaban J connectivity index is 1.25. The summed E-state index contributed by atoms with van der Waals surface area (Å²) in [5, 5.41) is 2.76. The van der Waals surface area contributed by atoms with Crippen molar-refractivity contribution in [2.45, 2.75) is 51.2 Å². The van der Waals surface area contributed by atoms with E-state index in [4.69, 9.17) is 9.47 Å². The summed E-state index contributed by atoms with van der Waals surface area (Å²) >= 11 is 0. The number of nitrogens with one attached hydrogen (secondary N) is 1. The Bertz CT molecular complexity index is 967. The minimum absolute atomic E-state index is 0.327. The molecule has 3 aromatic rings. The first-order valence-corrected chi connectivity index (χ1v) is 10.9. The average Bonchev–Trinajstić information content (AvgIpc) is 2.83. The number of carbonyl (C=O) groups excluding carboxylic acids is 1. The molecule has 1 fully saturated rings. The number of benzene rings is 2. The predicted molar refractivity (Wildman–Crippen MR) is 120 cm³/mol. The molecule has 0 saturated heterocycles. The van der Waals surface area contributed by atoms with Gasteiger partial charge < -0.3 is 14.8 Å². The van der Waals surface area contributed by atoms with Gasteiger partial charge in [-0.3, -0.25) is 4.98 Å². The van der Waals surface area contributed by atoms with Crippen molar-refractivity contribution in [2.75, 3.05) is 0 Å². The maximum atomic E-state index is 12.2. The SMILES string of the molecule is O=C(NCc1ccc(C2CCCCC2)cn1)Oc1cccc(OCc2ccccc2)c1. The van der Waals surface area contributed by atoms with Gasteiger partial charge in [0.15, 0.2) is 0 Å². The number of hydrogen-bond donors (Lipinski definition) is 1. The third-order valence-corrected chi connectivity index (χ3v) is 5.60. The highest BCUT2D eigenvalue weighted by Gasteiger charge is 2.15. The van der Waals surface area contributed by atoms with Crippen LogP contribution in [0.1, 0.15) is 54.8 Å². The Hall–Kier alpha value is -3.34. The van der Waals surface area contributed by atoms with Gasteiger partial charge in [-0.05, 0) is 48.1 Å². The molecule has 1 aliphatic rings. The molecule has 0 bridgehead atoms. The molecule has 0 spiro atoms. The van der Waals surface area contributed by atoms with Gasteiger partial charge in [0.05, 0.1) is 12.2 Å². The van der Waals surface area contributed by atoms with Gasteiger partial charge >= 0.3 is 6.09 Å². The van der Waals surface area contributed by atoms with Crippen LogP contribution in [0.4, 0.5) is 4.79 Å². The molecule has 2 aromatic carbocycles. The Kier molecular flexibility index (Phi) is 7.16. The fraction of sp³-hybridized carbons (Fsp3) is 0.308. The third-order valence-electron chi connectivity index (χ3n) is 5.60. The molecule has 5 heteroatoms. The number of hydrogen-bond acceptors (Lipinski definition) is 4. The minimum Gasteiger partial charge on any atom is -0.489 e. The number of ether oxygens (including phenoxy) is 2. The van der Waals surface area contributed by atoms with Crippen LogP contribution in [0.2, 0.25) is 0 Å². The van der Waals surface area contributed by atoms with E-state index in [1.54, 1.807) is 18.2 Å². The topological polar surface area (TPSA) is 60.5 Å². The van der Waals surface area contributed by atoms with Crippen LogP contribution in [0.25, 0.3) is 0 Å². The second-order valence-electron chi connectivity index (χ2n) is 7.91. The van der Waals surface area contributed by atoms with E-state index in [1.807, 2.05) is 48.7 Å².